The molecule has 5 saturated heterocycles. The van der Waals surface area contributed by atoms with Crippen LogP contribution in [0.15, 0.2) is 48.7 Å². The van der Waals surface area contributed by atoms with Gasteiger partial charge >= 0.3 is 18.1 Å². The van der Waals surface area contributed by atoms with Crippen LogP contribution in [0.1, 0.15) is 142 Å². The largest absolute Gasteiger partial charge is 0.468 e. The van der Waals surface area contributed by atoms with Gasteiger partial charge in [0.15, 0.2) is 12.6 Å². The highest BCUT2D eigenvalue weighted by Crippen LogP contribution is 2.48. The van der Waals surface area contributed by atoms with Crippen molar-refractivity contribution < 1.29 is 51.6 Å². The van der Waals surface area contributed by atoms with Gasteiger partial charge in [0.1, 0.15) is 55.0 Å². The number of carbonyl (C=O) groups is 4. The SMILES string of the molecule is COCOc1cc(-c2ncc3c(N4CC5CCC(C4)N5C(=O)OC(C)(C)C)nc(OC[C@@H](CN4CCN(CC5CCC6(CC5)CCN(C(=O)c5ccc(C)c(N7CCC(=O)NC7=O)c5)CC6)CC4)OC)nc3c2F)c2c(C#C[Si](C(C)C)(C(C)C)C(C)C)c(F)ccc2c1. The Labute approximate surface area is 553 Å². The zero-order chi connectivity index (χ0) is 67.0. The minimum atomic E-state index is -2.37. The molecule has 5 aromatic rings. The Morgan fingerprint density at radius 1 is 0.819 bits per heavy atom. The number of aryl methyl sites for hydroxylation is 1. The Bertz CT molecular complexity index is 3660. The first-order valence-electron chi connectivity index (χ1n) is 34.0. The molecule has 11 rings (SSSR count). The van der Waals surface area contributed by atoms with Gasteiger partial charge in [0.2, 0.25) is 5.91 Å². The fourth-order valence-electron chi connectivity index (χ4n) is 16.1. The van der Waals surface area contributed by atoms with Crippen LogP contribution in [0.2, 0.25) is 16.6 Å². The van der Waals surface area contributed by atoms with Gasteiger partial charge in [-0.2, -0.15) is 9.97 Å². The molecule has 22 heteroatoms. The first kappa shape index (κ1) is 68.4. The number of aromatic nitrogens is 3. The van der Waals surface area contributed by atoms with Gasteiger partial charge in [-0.3, -0.25) is 34.6 Å². The molecule has 3 atom stereocenters. The van der Waals surface area contributed by atoms with Crippen LogP contribution in [0.4, 0.5) is 29.9 Å². The molecule has 0 radical (unpaired) electrons. The van der Waals surface area contributed by atoms with E-state index < -0.39 is 31.3 Å². The summed E-state index contributed by atoms with van der Waals surface area (Å²) in [5.41, 5.74) is 6.57. The Kier molecular flexibility index (Phi) is 20.6. The molecule has 1 N–H and O–H groups in total. The number of pyridine rings is 1. The summed E-state index contributed by atoms with van der Waals surface area (Å²) in [6, 6.07) is 11.2. The van der Waals surface area contributed by atoms with Gasteiger partial charge in [0.25, 0.3) is 5.91 Å². The second kappa shape index (κ2) is 28.3. The van der Waals surface area contributed by atoms with Crippen LogP contribution in [0.25, 0.3) is 32.9 Å². The lowest BCUT2D eigenvalue weighted by Gasteiger charge is -2.47. The number of urea groups is 1. The minimum absolute atomic E-state index is 0.0171. The Hall–Kier alpha value is -7.03. The van der Waals surface area contributed by atoms with Gasteiger partial charge < -0.3 is 38.4 Å². The first-order valence-corrected chi connectivity index (χ1v) is 36.3. The van der Waals surface area contributed by atoms with Crippen LogP contribution in [-0.2, 0) is 19.0 Å². The van der Waals surface area contributed by atoms with Crippen molar-refractivity contribution in [3.8, 4) is 34.5 Å². The number of nitrogens with zero attached hydrogens (tertiary/aromatic N) is 9. The third kappa shape index (κ3) is 14.4. The number of halogens is 2. The fraction of sp³-hybridized carbons (Fsp3) is 0.597. The molecule has 1 spiro atoms. The predicted octanol–water partition coefficient (Wildman–Crippen LogP) is 12.1. The van der Waals surface area contributed by atoms with E-state index in [-0.39, 0.29) is 113 Å². The number of nitrogens with one attached hydrogen (secondary N) is 1. The molecule has 1 aliphatic carbocycles. The summed E-state index contributed by atoms with van der Waals surface area (Å²) in [6.45, 7) is 28.5. The number of hydrogen-bond acceptors (Lipinski definition) is 15. The quantitative estimate of drug-likeness (QED) is 0.0496. The van der Waals surface area contributed by atoms with E-state index in [1.165, 1.54) is 26.0 Å². The maximum atomic E-state index is 18.3. The van der Waals surface area contributed by atoms with Gasteiger partial charge in [0.05, 0.1) is 23.0 Å². The number of amides is 5. The lowest BCUT2D eigenvalue weighted by atomic mass is 9.65. The highest BCUT2D eigenvalue weighted by Gasteiger charge is 2.46. The smallest absolute Gasteiger partial charge is 0.410 e. The first-order chi connectivity index (χ1) is 44.9. The van der Waals surface area contributed by atoms with E-state index in [1.54, 1.807) is 42.5 Å². The summed E-state index contributed by atoms with van der Waals surface area (Å²) >= 11 is 0. The maximum absolute atomic E-state index is 18.3. The second-order valence-corrected chi connectivity index (χ2v) is 34.7. The van der Waals surface area contributed by atoms with E-state index in [1.807, 2.05) is 49.6 Å². The summed E-state index contributed by atoms with van der Waals surface area (Å²) in [5, 5.41) is 3.74. The fourth-order valence-corrected chi connectivity index (χ4v) is 21.3. The molecule has 5 amide bonds. The molecule has 2 aromatic heterocycles. The highest BCUT2D eigenvalue weighted by atomic mass is 28.3. The third-order valence-corrected chi connectivity index (χ3v) is 27.5. The van der Waals surface area contributed by atoms with Crippen LogP contribution >= 0.6 is 0 Å². The summed E-state index contributed by atoms with van der Waals surface area (Å²) < 4.78 is 64.7. The van der Waals surface area contributed by atoms with Gasteiger partial charge in [-0.05, 0) is 148 Å². The number of likely N-dealkylation sites (tertiary alicyclic amines) is 1. The molecule has 1 saturated carbocycles. The summed E-state index contributed by atoms with van der Waals surface area (Å²) in [4.78, 5) is 79.2. The Morgan fingerprint density at radius 2 is 1.50 bits per heavy atom. The number of benzene rings is 3. The molecule has 19 nitrogen and oxygen atoms in total. The third-order valence-electron chi connectivity index (χ3n) is 21.2. The number of carbonyl (C=O) groups excluding carboxylic acids is 4. The zero-order valence-electron chi connectivity index (χ0n) is 57.2. The monoisotopic (exact) mass is 1310 g/mol. The van der Waals surface area contributed by atoms with Crippen LogP contribution in [0.5, 0.6) is 11.8 Å². The number of rotatable bonds is 18. The van der Waals surface area contributed by atoms with Crippen LogP contribution < -0.4 is 24.6 Å². The lowest BCUT2D eigenvalue weighted by Crippen LogP contribution is -2.57. The average Bonchev–Trinajstić information content (AvgIpc) is 1.12. The summed E-state index contributed by atoms with van der Waals surface area (Å²) in [6.07, 6.45) is 9.24. The van der Waals surface area contributed by atoms with Gasteiger partial charge in [-0.1, -0.05) is 59.6 Å². The van der Waals surface area contributed by atoms with Gasteiger partial charge in [-0.15, -0.1) is 5.54 Å². The summed E-state index contributed by atoms with van der Waals surface area (Å²) in [7, 11) is 0.819. The molecule has 5 aliphatic heterocycles. The van der Waals surface area contributed by atoms with Crippen LogP contribution in [-0.4, -0.2) is 190 Å². The van der Waals surface area contributed by atoms with Crippen molar-refractivity contribution in [1.82, 2.24) is 39.9 Å². The van der Waals surface area contributed by atoms with Gasteiger partial charge in [0, 0.05) is 121 Å². The Morgan fingerprint density at radius 3 is 2.14 bits per heavy atom. The van der Waals surface area contributed by atoms with Gasteiger partial charge in [-0.25, -0.2) is 18.4 Å². The van der Waals surface area contributed by atoms with Crippen LogP contribution in [0.3, 0.4) is 0 Å². The molecule has 6 aliphatic rings. The van der Waals surface area contributed by atoms with E-state index >= 15 is 8.78 Å². The average molecular weight is 1310 g/mol. The van der Waals surface area contributed by atoms with E-state index in [2.05, 4.69) is 73.0 Å². The topological polar surface area (TPSA) is 185 Å². The van der Waals surface area contributed by atoms with E-state index in [9.17, 15) is 19.2 Å². The van der Waals surface area contributed by atoms with E-state index in [0.29, 0.717) is 77.6 Å². The number of piperazine rings is 2. The lowest BCUT2D eigenvalue weighted by molar-refractivity contribution is -0.120. The summed E-state index contributed by atoms with van der Waals surface area (Å²) in [5.74, 6) is 3.20. The second-order valence-electron chi connectivity index (χ2n) is 29.1. The van der Waals surface area contributed by atoms with Crippen molar-refractivity contribution >= 4 is 65.2 Å². The minimum Gasteiger partial charge on any atom is -0.468 e. The maximum Gasteiger partial charge on any atom is 0.410 e. The Balaban J connectivity index is 0.780. The number of methoxy groups -OCH3 is 2. The number of ether oxygens (including phenoxy) is 5. The number of anilines is 2. The molecule has 2 unspecified atom stereocenters. The zero-order valence-corrected chi connectivity index (χ0v) is 58.2. The molecule has 2 bridgehead atoms. The van der Waals surface area contributed by atoms with E-state index in [4.69, 9.17) is 38.6 Å². The molecular weight excluding hydrogens is 1210 g/mol. The van der Waals surface area contributed by atoms with Crippen molar-refractivity contribution in [2.75, 3.05) is 109 Å². The van der Waals surface area contributed by atoms with Crippen molar-refractivity contribution in [2.24, 2.45) is 11.3 Å². The number of fused-ring (bicyclic) bond motifs is 4. The normalized spacial score (nSPS) is 20.4. The predicted molar refractivity (Wildman–Crippen MR) is 363 cm³/mol. The number of piperidine rings is 1. The molecule has 6 fully saturated rings. The van der Waals surface area contributed by atoms with Crippen molar-refractivity contribution in [1.29, 1.82) is 0 Å². The van der Waals surface area contributed by atoms with Crippen molar-refractivity contribution in [3.63, 3.8) is 0 Å². The van der Waals surface area contributed by atoms with Crippen molar-refractivity contribution in [2.45, 2.75) is 167 Å². The number of imide groups is 1. The van der Waals surface area contributed by atoms with Crippen molar-refractivity contribution in [3.05, 3.63) is 77.0 Å². The molecule has 506 valence electrons. The van der Waals surface area contributed by atoms with Crippen LogP contribution in [0, 0.1) is 41.4 Å². The van der Waals surface area contributed by atoms with E-state index in [0.717, 1.165) is 76.8 Å². The molecule has 3 aromatic carbocycles. The highest BCUT2D eigenvalue weighted by molar-refractivity contribution is 6.90. The number of hydrogen-bond donors (Lipinski definition) is 1. The molecular formula is C72H96F2N10O9Si. The molecule has 94 heavy (non-hydrogen) atoms. The molecule has 7 heterocycles. The standard InChI is InChI=1S/C72H96F2N10O9Si/c1-45(2)94(46(3)4,47(5)6)34-22-56-59(73)18-15-50-35-54(92-44-89-11)37-57(62(50)56)64-63(74)65-58(38-75-64)66(82-40-52-16-17-53(41-82)84(52)70(88)93-71(8,9)10)78-68(77-65)91-43-55(90-12)42-80-32-30-79(31-33-80)39-49-19-23-72(24-20-49)25-28-81(29-26-72)67(86)51-14-13-48(7)60(36-51)83-27-21-61(85)76-69(83)87/h13-15,18,35-38,45-47,49,52-53,55H,16-17,19-21,23-33,39-44H2,1-12H3,(H,76,85,87)/t52?,53?,55-/m1/s1.